The van der Waals surface area contributed by atoms with Crippen molar-refractivity contribution in [1.82, 2.24) is 19.7 Å². The van der Waals surface area contributed by atoms with E-state index in [9.17, 15) is 4.79 Å². The van der Waals surface area contributed by atoms with E-state index in [1.54, 1.807) is 12.1 Å². The number of amides is 2. The first-order valence-electron chi connectivity index (χ1n) is 9.20. The monoisotopic (exact) mass is 405 g/mol. The van der Waals surface area contributed by atoms with Crippen molar-refractivity contribution >= 4 is 23.3 Å². The highest BCUT2D eigenvalue weighted by Gasteiger charge is 2.18. The van der Waals surface area contributed by atoms with E-state index in [0.717, 1.165) is 22.8 Å². The summed E-state index contributed by atoms with van der Waals surface area (Å²) >= 11 is 6.12. The van der Waals surface area contributed by atoms with E-state index in [1.165, 1.54) is 0 Å². The zero-order valence-corrected chi connectivity index (χ0v) is 16.6. The predicted molar refractivity (Wildman–Crippen MR) is 115 cm³/mol. The summed E-state index contributed by atoms with van der Waals surface area (Å²) in [6.07, 6.45) is 3.92. The average molecular weight is 406 g/mol. The topological polar surface area (TPSA) is 63.9 Å². The summed E-state index contributed by atoms with van der Waals surface area (Å²) in [4.78, 5) is 12.4. The highest BCUT2D eigenvalue weighted by Crippen LogP contribution is 2.23. The van der Waals surface area contributed by atoms with Gasteiger partial charge in [-0.2, -0.15) is 5.10 Å². The number of nitrogens with zero attached hydrogens (tertiary/aromatic N) is 3. The summed E-state index contributed by atoms with van der Waals surface area (Å²) in [6, 6.07) is 20.6. The van der Waals surface area contributed by atoms with Gasteiger partial charge in [0.1, 0.15) is 5.82 Å². The minimum Gasteiger partial charge on any atom is -0.334 e. The normalized spacial score (nSPS) is 10.7. The van der Waals surface area contributed by atoms with E-state index in [4.69, 9.17) is 16.7 Å². The number of hydrogen-bond donors (Lipinski definition) is 2. The molecule has 0 aliphatic rings. The number of urea groups is 1. The number of hydrogen-bond acceptors (Lipinski definition) is 2. The second-order valence-electron chi connectivity index (χ2n) is 6.51. The van der Waals surface area contributed by atoms with E-state index < -0.39 is 0 Å². The Morgan fingerprint density at radius 3 is 2.41 bits per heavy atom. The number of anilines is 1. The van der Waals surface area contributed by atoms with E-state index in [2.05, 4.69) is 10.6 Å². The minimum atomic E-state index is -0.330. The van der Waals surface area contributed by atoms with Crippen molar-refractivity contribution < 1.29 is 4.79 Å². The lowest BCUT2D eigenvalue weighted by Gasteiger charge is -2.12. The first-order chi connectivity index (χ1) is 14.1. The molecule has 0 aliphatic heterocycles. The van der Waals surface area contributed by atoms with Gasteiger partial charge in [0.25, 0.3) is 0 Å². The van der Waals surface area contributed by atoms with E-state index in [-0.39, 0.29) is 6.03 Å². The first-order valence-corrected chi connectivity index (χ1v) is 9.58. The number of halogens is 1. The Morgan fingerprint density at radius 2 is 1.69 bits per heavy atom. The number of carbonyl (C=O) groups is 1. The van der Waals surface area contributed by atoms with E-state index in [1.807, 2.05) is 83.2 Å². The van der Waals surface area contributed by atoms with E-state index >= 15 is 0 Å². The molecule has 2 heterocycles. The Hall–Kier alpha value is -3.51. The summed E-state index contributed by atoms with van der Waals surface area (Å²) in [6.45, 7) is 2.26. The van der Waals surface area contributed by atoms with Crippen molar-refractivity contribution in [3.8, 4) is 11.5 Å². The van der Waals surface area contributed by atoms with Crippen molar-refractivity contribution in [2.24, 2.45) is 0 Å². The molecule has 2 aromatic carbocycles. The number of carbonyl (C=O) groups excluding carboxylic acids is 1. The number of aryl methyl sites for hydroxylation is 1. The van der Waals surface area contributed by atoms with Crippen LogP contribution in [0.2, 0.25) is 5.02 Å². The van der Waals surface area contributed by atoms with Gasteiger partial charge < -0.3 is 15.2 Å². The molecule has 0 saturated carbocycles. The lowest BCUT2D eigenvalue weighted by atomic mass is 10.2. The number of rotatable bonds is 5. The molecular formula is C22H20ClN5O. The van der Waals surface area contributed by atoms with Gasteiger partial charge in [-0.3, -0.25) is 0 Å². The highest BCUT2D eigenvalue weighted by atomic mass is 35.5. The van der Waals surface area contributed by atoms with Gasteiger partial charge in [0.2, 0.25) is 0 Å². The van der Waals surface area contributed by atoms with Gasteiger partial charge in [-0.05, 0) is 43.3 Å². The zero-order valence-electron chi connectivity index (χ0n) is 15.8. The standard InChI is InChI=1S/C22H20ClN5O/c1-16-18(15-24-22(29)25-20-12-6-5-11-19(20)23)21(27-13-7-8-14-27)28(26-16)17-9-3-2-4-10-17/h2-14H,15H2,1H3,(H2,24,25,29). The molecule has 0 aliphatic carbocycles. The van der Waals surface area contributed by atoms with Gasteiger partial charge in [0.15, 0.2) is 0 Å². The van der Waals surface area contributed by atoms with Crippen LogP contribution < -0.4 is 10.6 Å². The van der Waals surface area contributed by atoms with Crippen LogP contribution in [0.15, 0.2) is 79.1 Å². The molecule has 0 unspecified atom stereocenters. The molecule has 0 radical (unpaired) electrons. The smallest absolute Gasteiger partial charge is 0.319 e. The van der Waals surface area contributed by atoms with Crippen LogP contribution >= 0.6 is 11.6 Å². The molecule has 0 saturated heterocycles. The predicted octanol–water partition coefficient (Wildman–Crippen LogP) is 4.95. The third kappa shape index (κ3) is 4.02. The maximum atomic E-state index is 12.4. The van der Waals surface area contributed by atoms with Gasteiger partial charge in [-0.25, -0.2) is 9.48 Å². The summed E-state index contributed by atoms with van der Waals surface area (Å²) in [7, 11) is 0. The van der Waals surface area contributed by atoms with Crippen LogP contribution in [0.5, 0.6) is 0 Å². The van der Waals surface area contributed by atoms with Crippen LogP contribution in [0.25, 0.3) is 11.5 Å². The van der Waals surface area contributed by atoms with E-state index in [0.29, 0.717) is 17.3 Å². The maximum absolute atomic E-state index is 12.4. The zero-order chi connectivity index (χ0) is 20.2. The highest BCUT2D eigenvalue weighted by molar-refractivity contribution is 6.33. The van der Waals surface area contributed by atoms with Crippen molar-refractivity contribution in [2.45, 2.75) is 13.5 Å². The Bertz CT molecular complexity index is 1120. The first kappa shape index (κ1) is 18.8. The fourth-order valence-electron chi connectivity index (χ4n) is 3.14. The number of para-hydroxylation sites is 2. The molecule has 0 atom stereocenters. The van der Waals surface area contributed by atoms with Crippen LogP contribution in [-0.2, 0) is 6.54 Å². The second kappa shape index (κ2) is 8.24. The summed E-state index contributed by atoms with van der Waals surface area (Å²) in [5.74, 6) is 0.886. The largest absolute Gasteiger partial charge is 0.334 e. The van der Waals surface area contributed by atoms with Crippen LogP contribution in [0.3, 0.4) is 0 Å². The summed E-state index contributed by atoms with van der Waals surface area (Å²) < 4.78 is 3.88. The molecule has 0 fully saturated rings. The SMILES string of the molecule is Cc1nn(-c2ccccc2)c(-n2cccc2)c1CNC(=O)Nc1ccccc1Cl. The summed E-state index contributed by atoms with van der Waals surface area (Å²) in [5.41, 5.74) is 3.29. The average Bonchev–Trinajstić information content (AvgIpc) is 3.36. The van der Waals surface area contributed by atoms with Crippen LogP contribution in [0.4, 0.5) is 10.5 Å². The van der Waals surface area contributed by atoms with Gasteiger partial charge in [-0.1, -0.05) is 41.9 Å². The number of aromatic nitrogens is 3. The Morgan fingerprint density at radius 1 is 1.00 bits per heavy atom. The molecule has 0 spiro atoms. The van der Waals surface area contributed by atoms with Gasteiger partial charge in [-0.15, -0.1) is 0 Å². The molecule has 6 nitrogen and oxygen atoms in total. The Kier molecular flexibility index (Phi) is 5.35. The van der Waals surface area contributed by atoms with Crippen molar-refractivity contribution in [3.63, 3.8) is 0 Å². The molecule has 7 heteroatoms. The fourth-order valence-corrected chi connectivity index (χ4v) is 3.33. The third-order valence-electron chi connectivity index (χ3n) is 4.55. The Balaban J connectivity index is 1.61. The van der Waals surface area contributed by atoms with Crippen LogP contribution in [0.1, 0.15) is 11.3 Å². The maximum Gasteiger partial charge on any atom is 0.319 e. The molecule has 2 amide bonds. The third-order valence-corrected chi connectivity index (χ3v) is 4.88. The number of nitrogens with one attached hydrogen (secondary N) is 2. The van der Waals surface area contributed by atoms with Gasteiger partial charge >= 0.3 is 6.03 Å². The lowest BCUT2D eigenvalue weighted by Crippen LogP contribution is -2.28. The molecular weight excluding hydrogens is 386 g/mol. The van der Waals surface area contributed by atoms with Gasteiger partial charge in [0, 0.05) is 18.0 Å². The molecule has 2 N–H and O–H groups in total. The quantitative estimate of drug-likeness (QED) is 0.493. The molecule has 4 aromatic rings. The second-order valence-corrected chi connectivity index (χ2v) is 6.92. The minimum absolute atomic E-state index is 0.322. The fraction of sp³-hybridized carbons (Fsp3) is 0.0909. The number of benzene rings is 2. The molecule has 29 heavy (non-hydrogen) atoms. The van der Waals surface area contributed by atoms with Crippen molar-refractivity contribution in [3.05, 3.63) is 95.4 Å². The van der Waals surface area contributed by atoms with Crippen molar-refractivity contribution in [2.75, 3.05) is 5.32 Å². The summed E-state index contributed by atoms with van der Waals surface area (Å²) in [5, 5.41) is 10.9. The van der Waals surface area contributed by atoms with Gasteiger partial charge in [0.05, 0.1) is 28.6 Å². The molecule has 2 aromatic heterocycles. The molecule has 4 rings (SSSR count). The van der Waals surface area contributed by atoms with Crippen molar-refractivity contribution in [1.29, 1.82) is 0 Å². The van der Waals surface area contributed by atoms with Crippen LogP contribution in [-0.4, -0.2) is 20.4 Å². The molecule has 146 valence electrons. The lowest BCUT2D eigenvalue weighted by molar-refractivity contribution is 0.251. The van der Waals surface area contributed by atoms with Crippen LogP contribution in [0, 0.1) is 6.92 Å². The molecule has 0 bridgehead atoms. The Labute approximate surface area is 173 Å².